The Morgan fingerprint density at radius 1 is 1.21 bits per heavy atom. The lowest BCUT2D eigenvalue weighted by Gasteiger charge is -2.27. The number of rotatable bonds is 9. The van der Waals surface area contributed by atoms with E-state index in [0.29, 0.717) is 0 Å². The zero-order chi connectivity index (χ0) is 19.6. The molecule has 1 unspecified atom stereocenters. The highest BCUT2D eigenvalue weighted by Crippen LogP contribution is 2.27. The van der Waals surface area contributed by atoms with E-state index in [9.17, 15) is 0 Å². The van der Waals surface area contributed by atoms with Crippen LogP contribution >= 0.6 is 0 Å². The van der Waals surface area contributed by atoms with E-state index < -0.39 is 0 Å². The van der Waals surface area contributed by atoms with Gasteiger partial charge in [-0.2, -0.15) is 0 Å². The Morgan fingerprint density at radius 3 is 2.64 bits per heavy atom. The molecule has 1 aliphatic rings. The van der Waals surface area contributed by atoms with E-state index in [1.807, 2.05) is 24.7 Å². The largest absolute Gasteiger partial charge is 0.497 e. The van der Waals surface area contributed by atoms with Gasteiger partial charge in [-0.1, -0.05) is 12.1 Å². The number of aliphatic imine (C=N–C) groups is 1. The van der Waals surface area contributed by atoms with Crippen LogP contribution in [0, 0.1) is 0 Å². The molecule has 0 saturated carbocycles. The van der Waals surface area contributed by atoms with Crippen LogP contribution in [0.5, 0.6) is 5.75 Å². The summed E-state index contributed by atoms with van der Waals surface area (Å²) in [5.41, 5.74) is 1.29. The number of likely N-dealkylation sites (tertiary alicyclic amines) is 1. The number of ether oxygens (including phenoxy) is 1. The molecule has 2 aromatic rings. The molecule has 1 aromatic heterocycles. The zero-order valence-electron chi connectivity index (χ0n) is 17.0. The van der Waals surface area contributed by atoms with Crippen molar-refractivity contribution in [2.45, 2.75) is 32.4 Å². The van der Waals surface area contributed by atoms with Crippen molar-refractivity contribution >= 4 is 5.96 Å². The van der Waals surface area contributed by atoms with Crippen LogP contribution in [0.3, 0.4) is 0 Å². The molecular formula is C21H32N6O. The van der Waals surface area contributed by atoms with Crippen molar-refractivity contribution in [2.24, 2.45) is 4.99 Å². The van der Waals surface area contributed by atoms with E-state index in [1.165, 1.54) is 18.4 Å². The maximum Gasteiger partial charge on any atom is 0.191 e. The van der Waals surface area contributed by atoms with Crippen LogP contribution in [0.25, 0.3) is 0 Å². The van der Waals surface area contributed by atoms with E-state index in [1.54, 1.807) is 13.3 Å². The molecule has 0 aliphatic carbocycles. The Balaban J connectivity index is 1.65. The predicted molar refractivity (Wildman–Crippen MR) is 113 cm³/mol. The fraction of sp³-hybridized carbons (Fsp3) is 0.524. The molecule has 1 aliphatic heterocycles. The molecule has 7 nitrogen and oxygen atoms in total. The summed E-state index contributed by atoms with van der Waals surface area (Å²) in [6.07, 6.45) is 8.13. The van der Waals surface area contributed by atoms with Crippen molar-refractivity contribution in [2.75, 3.05) is 39.8 Å². The molecule has 1 atom stereocenters. The molecular weight excluding hydrogens is 352 g/mol. The van der Waals surface area contributed by atoms with Crippen molar-refractivity contribution < 1.29 is 4.74 Å². The summed E-state index contributed by atoms with van der Waals surface area (Å²) in [5.74, 6) is 1.75. The average Bonchev–Trinajstić information content (AvgIpc) is 3.43. The summed E-state index contributed by atoms with van der Waals surface area (Å²) in [6.45, 7) is 7.60. The second-order valence-corrected chi connectivity index (χ2v) is 6.98. The van der Waals surface area contributed by atoms with E-state index in [-0.39, 0.29) is 6.04 Å². The molecule has 0 amide bonds. The monoisotopic (exact) mass is 384 g/mol. The maximum absolute atomic E-state index is 5.31. The summed E-state index contributed by atoms with van der Waals surface area (Å²) in [4.78, 5) is 11.5. The van der Waals surface area contributed by atoms with Gasteiger partial charge in [0.1, 0.15) is 5.75 Å². The second-order valence-electron chi connectivity index (χ2n) is 6.98. The van der Waals surface area contributed by atoms with Gasteiger partial charge in [-0.3, -0.25) is 9.89 Å². The number of hydrogen-bond acceptors (Lipinski definition) is 4. The van der Waals surface area contributed by atoms with Gasteiger partial charge in [0.15, 0.2) is 5.96 Å². The third-order valence-corrected chi connectivity index (χ3v) is 5.07. The fourth-order valence-electron chi connectivity index (χ4n) is 3.55. The van der Waals surface area contributed by atoms with Gasteiger partial charge in [0.25, 0.3) is 0 Å². The summed E-state index contributed by atoms with van der Waals surface area (Å²) in [6, 6.07) is 8.69. The molecule has 1 saturated heterocycles. The average molecular weight is 385 g/mol. The Labute approximate surface area is 167 Å². The molecule has 7 heteroatoms. The Morgan fingerprint density at radius 2 is 2.00 bits per heavy atom. The molecule has 2 N–H and O–H groups in total. The van der Waals surface area contributed by atoms with E-state index >= 15 is 0 Å². The summed E-state index contributed by atoms with van der Waals surface area (Å²) in [7, 11) is 1.70. The topological polar surface area (TPSA) is 66.7 Å². The summed E-state index contributed by atoms with van der Waals surface area (Å²) >= 11 is 0. The van der Waals surface area contributed by atoms with Crippen molar-refractivity contribution in [3.05, 3.63) is 48.5 Å². The second kappa shape index (κ2) is 10.7. The Hall–Kier alpha value is -2.54. The molecule has 3 rings (SSSR count). The maximum atomic E-state index is 5.31. The van der Waals surface area contributed by atoms with E-state index in [2.05, 4.69) is 44.1 Å². The lowest BCUT2D eigenvalue weighted by atomic mass is 10.1. The first-order valence-electron chi connectivity index (χ1n) is 10.2. The minimum absolute atomic E-state index is 0.289. The van der Waals surface area contributed by atoms with Crippen molar-refractivity contribution in [3.8, 4) is 5.75 Å². The highest BCUT2D eigenvalue weighted by Gasteiger charge is 2.23. The van der Waals surface area contributed by atoms with Crippen molar-refractivity contribution in [1.82, 2.24) is 25.1 Å². The zero-order valence-corrected chi connectivity index (χ0v) is 17.0. The minimum Gasteiger partial charge on any atom is -0.497 e. The predicted octanol–water partition coefficient (Wildman–Crippen LogP) is 2.28. The highest BCUT2D eigenvalue weighted by molar-refractivity contribution is 5.79. The number of methoxy groups -OCH3 is 1. The van der Waals surface area contributed by atoms with Gasteiger partial charge >= 0.3 is 0 Å². The Bertz CT molecular complexity index is 707. The summed E-state index contributed by atoms with van der Waals surface area (Å²) in [5, 5.41) is 6.78. The lowest BCUT2D eigenvalue weighted by Crippen LogP contribution is -2.39. The van der Waals surface area contributed by atoms with Gasteiger partial charge in [-0.05, 0) is 50.6 Å². The smallest absolute Gasteiger partial charge is 0.191 e. The van der Waals surface area contributed by atoms with Crippen LogP contribution in [-0.4, -0.2) is 60.2 Å². The Kier molecular flexibility index (Phi) is 7.72. The van der Waals surface area contributed by atoms with Gasteiger partial charge in [0, 0.05) is 32.0 Å². The first-order chi connectivity index (χ1) is 13.8. The number of imidazole rings is 1. The van der Waals surface area contributed by atoms with Crippen LogP contribution in [-0.2, 0) is 6.54 Å². The number of benzene rings is 1. The quantitative estimate of drug-likeness (QED) is 0.513. The van der Waals surface area contributed by atoms with Gasteiger partial charge in [0.05, 0.1) is 26.0 Å². The van der Waals surface area contributed by atoms with Gasteiger partial charge in [-0.25, -0.2) is 4.98 Å². The number of hydrogen-bond donors (Lipinski definition) is 2. The third kappa shape index (κ3) is 5.73. The molecule has 152 valence electrons. The van der Waals surface area contributed by atoms with E-state index in [0.717, 1.165) is 51.0 Å². The normalized spacial score (nSPS) is 16.1. The van der Waals surface area contributed by atoms with Gasteiger partial charge in [0.2, 0.25) is 0 Å². The first-order valence-corrected chi connectivity index (χ1v) is 10.2. The number of guanidine groups is 1. The molecule has 0 bridgehead atoms. The molecule has 1 aromatic carbocycles. The molecule has 2 heterocycles. The van der Waals surface area contributed by atoms with Crippen LogP contribution in [0.15, 0.2) is 48.0 Å². The fourth-order valence-corrected chi connectivity index (χ4v) is 3.55. The minimum atomic E-state index is 0.289. The first kappa shape index (κ1) is 20.2. The molecule has 0 spiro atoms. The lowest BCUT2D eigenvalue weighted by molar-refractivity contribution is 0.251. The van der Waals surface area contributed by atoms with Crippen LogP contribution in [0.4, 0.5) is 0 Å². The molecule has 0 radical (unpaired) electrons. The standard InChI is InChI=1S/C21H32N6O/c1-3-23-21(24-11-15-26-14-10-22-17-26)25-16-20(27-12-4-5-13-27)18-6-8-19(28-2)9-7-18/h6-10,14,17,20H,3-5,11-13,15-16H2,1-2H3,(H2,23,24,25). The third-order valence-electron chi connectivity index (χ3n) is 5.07. The van der Waals surface area contributed by atoms with Gasteiger partial charge < -0.3 is 19.9 Å². The SMILES string of the molecule is CCNC(=NCC(c1ccc(OC)cc1)N1CCCC1)NCCn1ccnc1. The molecule has 28 heavy (non-hydrogen) atoms. The number of nitrogens with one attached hydrogen (secondary N) is 2. The summed E-state index contributed by atoms with van der Waals surface area (Å²) < 4.78 is 7.37. The van der Waals surface area contributed by atoms with Crippen molar-refractivity contribution in [3.63, 3.8) is 0 Å². The number of aromatic nitrogens is 2. The van der Waals surface area contributed by atoms with E-state index in [4.69, 9.17) is 9.73 Å². The van der Waals surface area contributed by atoms with Crippen LogP contribution in [0.1, 0.15) is 31.4 Å². The van der Waals surface area contributed by atoms with Crippen LogP contribution < -0.4 is 15.4 Å². The van der Waals surface area contributed by atoms with Crippen molar-refractivity contribution in [1.29, 1.82) is 0 Å². The van der Waals surface area contributed by atoms with Crippen LogP contribution in [0.2, 0.25) is 0 Å². The molecule has 1 fully saturated rings. The van der Waals surface area contributed by atoms with Gasteiger partial charge in [-0.15, -0.1) is 0 Å². The highest BCUT2D eigenvalue weighted by atomic mass is 16.5. The number of nitrogens with zero attached hydrogens (tertiary/aromatic N) is 4.